The van der Waals surface area contributed by atoms with Crippen molar-refractivity contribution in [2.75, 3.05) is 6.54 Å². The molecule has 92 valence electrons. The summed E-state index contributed by atoms with van der Waals surface area (Å²) in [5.74, 6) is 1.36. The van der Waals surface area contributed by atoms with E-state index < -0.39 is 0 Å². The van der Waals surface area contributed by atoms with Crippen molar-refractivity contribution in [2.24, 2.45) is 11.7 Å². The minimum Gasteiger partial charge on any atom is -0.330 e. The molecule has 2 N–H and O–H groups in total. The maximum atomic E-state index is 5.73. The van der Waals surface area contributed by atoms with Crippen LogP contribution in [0.2, 0.25) is 0 Å². The van der Waals surface area contributed by atoms with E-state index in [1.165, 1.54) is 11.3 Å². The van der Waals surface area contributed by atoms with Crippen molar-refractivity contribution in [3.63, 3.8) is 0 Å². The van der Waals surface area contributed by atoms with Gasteiger partial charge in [0.05, 0.1) is 0 Å². The lowest BCUT2D eigenvalue weighted by Gasteiger charge is -2.22. The molecule has 0 fully saturated rings. The van der Waals surface area contributed by atoms with Gasteiger partial charge in [0.25, 0.3) is 0 Å². The molecule has 0 saturated carbocycles. The Hall–Kier alpha value is -1.81. The first kappa shape index (κ1) is 11.3. The molecule has 1 atom stereocenters. The number of rotatable bonds is 2. The summed E-state index contributed by atoms with van der Waals surface area (Å²) in [4.78, 5) is 13.2. The topological polar surface area (TPSA) is 64.7 Å². The van der Waals surface area contributed by atoms with Crippen molar-refractivity contribution in [3.8, 4) is 11.4 Å². The maximum Gasteiger partial charge on any atom is 0.160 e. The van der Waals surface area contributed by atoms with Gasteiger partial charge >= 0.3 is 0 Å². The molecule has 2 aromatic heterocycles. The van der Waals surface area contributed by atoms with Gasteiger partial charge in [0.15, 0.2) is 5.82 Å². The molecule has 18 heavy (non-hydrogen) atoms. The maximum absolute atomic E-state index is 5.73. The van der Waals surface area contributed by atoms with Crippen molar-refractivity contribution in [1.29, 1.82) is 0 Å². The molecule has 0 aliphatic heterocycles. The highest BCUT2D eigenvalue weighted by molar-refractivity contribution is 5.53. The van der Waals surface area contributed by atoms with Gasteiger partial charge in [-0.15, -0.1) is 0 Å². The number of fused-ring (bicyclic) bond motifs is 1. The number of hydrogen-bond acceptors (Lipinski definition) is 4. The highest BCUT2D eigenvalue weighted by Gasteiger charge is 2.19. The largest absolute Gasteiger partial charge is 0.330 e. The normalized spacial score (nSPS) is 18.4. The third kappa shape index (κ3) is 2.11. The van der Waals surface area contributed by atoms with Crippen LogP contribution < -0.4 is 5.73 Å². The van der Waals surface area contributed by atoms with Gasteiger partial charge in [-0.05, 0) is 49.4 Å². The summed E-state index contributed by atoms with van der Waals surface area (Å²) in [5.41, 5.74) is 9.13. The Balaban J connectivity index is 1.93. The average Bonchev–Trinajstić information content (AvgIpc) is 2.47. The molecule has 0 aromatic carbocycles. The van der Waals surface area contributed by atoms with Crippen LogP contribution in [-0.2, 0) is 12.8 Å². The summed E-state index contributed by atoms with van der Waals surface area (Å²) in [5, 5.41) is 0. The standard InChI is InChI=1S/C14H16N4/c15-7-10-3-4-13-12(6-10)9-17-14(18-13)11-2-1-5-16-8-11/h1-2,5,8-10H,3-4,6-7,15H2. The van der Waals surface area contributed by atoms with E-state index in [1.807, 2.05) is 18.3 Å². The van der Waals surface area contributed by atoms with E-state index in [-0.39, 0.29) is 0 Å². The van der Waals surface area contributed by atoms with Crippen LogP contribution in [0.1, 0.15) is 17.7 Å². The van der Waals surface area contributed by atoms with Gasteiger partial charge in [-0.25, -0.2) is 9.97 Å². The monoisotopic (exact) mass is 240 g/mol. The molecule has 1 unspecified atom stereocenters. The second kappa shape index (κ2) is 4.82. The third-order valence-corrected chi connectivity index (χ3v) is 3.51. The number of nitrogens with two attached hydrogens (primary N) is 1. The molecule has 0 spiro atoms. The fourth-order valence-electron chi connectivity index (χ4n) is 2.42. The fourth-order valence-corrected chi connectivity index (χ4v) is 2.42. The molecular weight excluding hydrogens is 224 g/mol. The molecule has 0 radical (unpaired) electrons. The Morgan fingerprint density at radius 2 is 2.28 bits per heavy atom. The predicted molar refractivity (Wildman–Crippen MR) is 69.8 cm³/mol. The molecule has 4 nitrogen and oxygen atoms in total. The molecular formula is C14H16N4. The van der Waals surface area contributed by atoms with E-state index in [1.54, 1.807) is 12.4 Å². The van der Waals surface area contributed by atoms with Crippen LogP contribution in [0.25, 0.3) is 11.4 Å². The van der Waals surface area contributed by atoms with E-state index in [0.717, 1.165) is 37.2 Å². The molecule has 1 aliphatic rings. The Labute approximate surface area is 106 Å². The van der Waals surface area contributed by atoms with Crippen LogP contribution in [0.3, 0.4) is 0 Å². The first-order chi connectivity index (χ1) is 8.86. The summed E-state index contributed by atoms with van der Waals surface area (Å²) in [6.07, 6.45) is 8.66. The average molecular weight is 240 g/mol. The number of aromatic nitrogens is 3. The Morgan fingerprint density at radius 1 is 1.33 bits per heavy atom. The van der Waals surface area contributed by atoms with Crippen molar-refractivity contribution >= 4 is 0 Å². The summed E-state index contributed by atoms with van der Waals surface area (Å²) in [6, 6.07) is 3.89. The molecule has 0 bridgehead atoms. The Kier molecular flexibility index (Phi) is 3.02. The second-order valence-corrected chi connectivity index (χ2v) is 4.75. The zero-order valence-electron chi connectivity index (χ0n) is 10.2. The number of pyridine rings is 1. The molecule has 4 heteroatoms. The third-order valence-electron chi connectivity index (χ3n) is 3.51. The van der Waals surface area contributed by atoms with Crippen molar-refractivity contribution < 1.29 is 0 Å². The first-order valence-corrected chi connectivity index (χ1v) is 6.32. The van der Waals surface area contributed by atoms with Crippen LogP contribution in [0.5, 0.6) is 0 Å². The van der Waals surface area contributed by atoms with Gasteiger partial charge in [-0.3, -0.25) is 4.98 Å². The van der Waals surface area contributed by atoms with E-state index in [2.05, 4.69) is 15.0 Å². The Morgan fingerprint density at radius 3 is 3.06 bits per heavy atom. The second-order valence-electron chi connectivity index (χ2n) is 4.75. The fraction of sp³-hybridized carbons (Fsp3) is 0.357. The van der Waals surface area contributed by atoms with E-state index in [4.69, 9.17) is 5.73 Å². The molecule has 2 aromatic rings. The minimum absolute atomic E-state index is 0.588. The van der Waals surface area contributed by atoms with Crippen LogP contribution in [0.15, 0.2) is 30.7 Å². The van der Waals surface area contributed by atoms with Crippen LogP contribution in [-0.4, -0.2) is 21.5 Å². The van der Waals surface area contributed by atoms with E-state index in [0.29, 0.717) is 5.92 Å². The molecule has 2 heterocycles. The van der Waals surface area contributed by atoms with Crippen LogP contribution in [0.4, 0.5) is 0 Å². The first-order valence-electron chi connectivity index (χ1n) is 6.32. The van der Waals surface area contributed by atoms with Gasteiger partial charge in [0.2, 0.25) is 0 Å². The van der Waals surface area contributed by atoms with Gasteiger partial charge < -0.3 is 5.73 Å². The highest BCUT2D eigenvalue weighted by atomic mass is 14.9. The molecule has 3 rings (SSSR count). The number of hydrogen-bond donors (Lipinski definition) is 1. The Bertz CT molecular complexity index is 539. The summed E-state index contributed by atoms with van der Waals surface area (Å²) in [7, 11) is 0. The predicted octanol–water partition coefficient (Wildman–Crippen LogP) is 1.60. The van der Waals surface area contributed by atoms with Crippen LogP contribution in [0, 0.1) is 5.92 Å². The smallest absolute Gasteiger partial charge is 0.160 e. The molecule has 0 amide bonds. The summed E-state index contributed by atoms with van der Waals surface area (Å²) < 4.78 is 0. The summed E-state index contributed by atoms with van der Waals surface area (Å²) in [6.45, 7) is 0.754. The van der Waals surface area contributed by atoms with E-state index >= 15 is 0 Å². The SMILES string of the molecule is NCC1CCc2nc(-c3cccnc3)ncc2C1. The van der Waals surface area contributed by atoms with Crippen LogP contribution >= 0.6 is 0 Å². The molecule has 1 aliphatic carbocycles. The van der Waals surface area contributed by atoms with Crippen molar-refractivity contribution in [2.45, 2.75) is 19.3 Å². The minimum atomic E-state index is 0.588. The van der Waals surface area contributed by atoms with Gasteiger partial charge in [0.1, 0.15) is 0 Å². The van der Waals surface area contributed by atoms with Crippen molar-refractivity contribution in [3.05, 3.63) is 42.0 Å². The number of aryl methyl sites for hydroxylation is 1. The lowest BCUT2D eigenvalue weighted by molar-refractivity contribution is 0.462. The quantitative estimate of drug-likeness (QED) is 0.866. The summed E-state index contributed by atoms with van der Waals surface area (Å²) >= 11 is 0. The van der Waals surface area contributed by atoms with Crippen molar-refractivity contribution in [1.82, 2.24) is 15.0 Å². The van der Waals surface area contributed by atoms with Gasteiger partial charge in [-0.1, -0.05) is 0 Å². The van der Waals surface area contributed by atoms with E-state index in [9.17, 15) is 0 Å². The lowest BCUT2D eigenvalue weighted by Crippen LogP contribution is -2.23. The zero-order chi connectivity index (χ0) is 12.4. The molecule has 0 saturated heterocycles. The number of nitrogens with zero attached hydrogens (tertiary/aromatic N) is 3. The highest BCUT2D eigenvalue weighted by Crippen LogP contribution is 2.24. The van der Waals surface area contributed by atoms with Gasteiger partial charge in [0, 0.05) is 29.8 Å². The van der Waals surface area contributed by atoms with Gasteiger partial charge in [-0.2, -0.15) is 0 Å². The lowest BCUT2D eigenvalue weighted by atomic mass is 9.87. The zero-order valence-corrected chi connectivity index (χ0v) is 10.2.